The molecule has 100 valence electrons. The number of rotatable bonds is 1. The van der Waals surface area contributed by atoms with E-state index in [9.17, 15) is 0 Å². The van der Waals surface area contributed by atoms with Gasteiger partial charge in [-0.3, -0.25) is 0 Å². The first-order valence-corrected chi connectivity index (χ1v) is 6.67. The van der Waals surface area contributed by atoms with E-state index in [0.29, 0.717) is 10.7 Å². The van der Waals surface area contributed by atoms with Crippen LogP contribution < -0.4 is 5.59 Å². The van der Waals surface area contributed by atoms with E-state index in [1.54, 1.807) is 6.20 Å². The molecule has 1 aliphatic rings. The number of fused-ring (bicyclic) bond motifs is 1. The Morgan fingerprint density at radius 2 is 1.84 bits per heavy atom. The monoisotopic (exact) mass is 278 g/mol. The predicted molar refractivity (Wildman–Crippen MR) is 75.9 cm³/mol. The summed E-state index contributed by atoms with van der Waals surface area (Å²) in [7, 11) is -0.432. The van der Waals surface area contributed by atoms with E-state index in [4.69, 9.17) is 20.9 Å². The minimum atomic E-state index is -0.432. The van der Waals surface area contributed by atoms with Gasteiger partial charge >= 0.3 is 7.12 Å². The maximum Gasteiger partial charge on any atom is 0.514 e. The summed E-state index contributed by atoms with van der Waals surface area (Å²) in [5, 5.41) is 0.616. The van der Waals surface area contributed by atoms with Crippen LogP contribution in [0.2, 0.25) is 5.02 Å². The van der Waals surface area contributed by atoms with Gasteiger partial charge in [-0.1, -0.05) is 11.6 Å². The van der Waals surface area contributed by atoms with Gasteiger partial charge in [-0.25, -0.2) is 4.98 Å². The van der Waals surface area contributed by atoms with Gasteiger partial charge < -0.3 is 13.7 Å². The Morgan fingerprint density at radius 1 is 1.21 bits per heavy atom. The van der Waals surface area contributed by atoms with Gasteiger partial charge in [-0.2, -0.15) is 0 Å². The topological polar surface area (TPSA) is 35.8 Å². The summed E-state index contributed by atoms with van der Waals surface area (Å²) in [5.74, 6) is 0. The molecule has 1 aliphatic heterocycles. The van der Waals surface area contributed by atoms with Crippen LogP contribution in [0.4, 0.5) is 0 Å². The summed E-state index contributed by atoms with van der Waals surface area (Å²) < 4.78 is 14.0. The van der Waals surface area contributed by atoms with Crippen molar-refractivity contribution < 1.29 is 9.31 Å². The molecule has 0 radical (unpaired) electrons. The van der Waals surface area contributed by atoms with Crippen LogP contribution in [0.5, 0.6) is 0 Å². The zero-order valence-corrected chi connectivity index (χ0v) is 12.2. The second-order valence-corrected chi connectivity index (χ2v) is 6.23. The van der Waals surface area contributed by atoms with Crippen LogP contribution in [-0.2, 0) is 9.31 Å². The van der Waals surface area contributed by atoms with E-state index in [0.717, 1.165) is 5.59 Å². The van der Waals surface area contributed by atoms with E-state index < -0.39 is 7.12 Å². The van der Waals surface area contributed by atoms with Gasteiger partial charge in [0.1, 0.15) is 0 Å². The number of halogens is 1. The Kier molecular flexibility index (Phi) is 2.72. The second-order valence-electron chi connectivity index (χ2n) is 5.82. The Bertz CT molecular complexity index is 623. The lowest BCUT2D eigenvalue weighted by Gasteiger charge is -2.32. The zero-order valence-electron chi connectivity index (χ0n) is 11.5. The molecule has 0 spiro atoms. The SMILES string of the molecule is CC1(C)OB(c2cnc3c(Cl)cccn23)OC1(C)C. The molecule has 0 atom stereocenters. The first-order valence-electron chi connectivity index (χ1n) is 6.29. The summed E-state index contributed by atoms with van der Waals surface area (Å²) in [6, 6.07) is 3.70. The first kappa shape index (κ1) is 13.0. The molecule has 0 saturated carbocycles. The van der Waals surface area contributed by atoms with Gasteiger partial charge in [0.15, 0.2) is 5.65 Å². The molecule has 0 amide bonds. The highest BCUT2D eigenvalue weighted by Gasteiger charge is 2.52. The highest BCUT2D eigenvalue weighted by Crippen LogP contribution is 2.36. The van der Waals surface area contributed by atoms with Crippen molar-refractivity contribution in [3.8, 4) is 0 Å². The lowest BCUT2D eigenvalue weighted by atomic mass is 9.85. The molecule has 0 aliphatic carbocycles. The molecule has 3 heterocycles. The van der Waals surface area contributed by atoms with Gasteiger partial charge in [0.25, 0.3) is 0 Å². The molecule has 0 N–H and O–H groups in total. The molecular formula is C13H16BClN2O2. The molecule has 3 rings (SSSR count). The van der Waals surface area contributed by atoms with Gasteiger partial charge in [0.05, 0.1) is 21.8 Å². The Hall–Kier alpha value is -1.04. The van der Waals surface area contributed by atoms with E-state index in [1.807, 2.05) is 50.4 Å². The molecule has 4 nitrogen and oxygen atoms in total. The lowest BCUT2D eigenvalue weighted by Crippen LogP contribution is -2.41. The molecule has 0 aromatic carbocycles. The summed E-state index contributed by atoms with van der Waals surface area (Å²) in [4.78, 5) is 4.33. The van der Waals surface area contributed by atoms with Gasteiger partial charge in [0, 0.05) is 12.4 Å². The molecule has 2 aromatic rings. The average Bonchev–Trinajstić information content (AvgIpc) is 2.80. The molecule has 19 heavy (non-hydrogen) atoms. The van der Waals surface area contributed by atoms with E-state index in [2.05, 4.69) is 4.98 Å². The van der Waals surface area contributed by atoms with Crippen LogP contribution in [0, 0.1) is 0 Å². The molecule has 6 heteroatoms. The molecule has 0 bridgehead atoms. The zero-order chi connectivity index (χ0) is 13.8. The van der Waals surface area contributed by atoms with E-state index in [1.165, 1.54) is 0 Å². The van der Waals surface area contributed by atoms with Gasteiger partial charge in [0.2, 0.25) is 0 Å². The summed E-state index contributed by atoms with van der Waals surface area (Å²) in [5.41, 5.74) is 0.853. The minimum Gasteiger partial charge on any atom is -0.398 e. The fourth-order valence-electron chi connectivity index (χ4n) is 2.13. The number of pyridine rings is 1. The fourth-order valence-corrected chi connectivity index (χ4v) is 2.35. The van der Waals surface area contributed by atoms with Crippen molar-refractivity contribution in [3.05, 3.63) is 29.5 Å². The lowest BCUT2D eigenvalue weighted by molar-refractivity contribution is 0.00578. The second kappa shape index (κ2) is 3.98. The summed E-state index contributed by atoms with van der Waals surface area (Å²) >= 11 is 6.12. The number of hydrogen-bond acceptors (Lipinski definition) is 3. The van der Waals surface area contributed by atoms with Gasteiger partial charge in [-0.05, 0) is 39.8 Å². The third-order valence-electron chi connectivity index (χ3n) is 4.01. The Morgan fingerprint density at radius 3 is 2.47 bits per heavy atom. The number of aromatic nitrogens is 2. The van der Waals surface area contributed by atoms with E-state index in [-0.39, 0.29) is 11.2 Å². The first-order chi connectivity index (χ1) is 8.82. The van der Waals surface area contributed by atoms with Crippen molar-refractivity contribution in [2.45, 2.75) is 38.9 Å². The molecule has 1 saturated heterocycles. The summed E-state index contributed by atoms with van der Waals surface area (Å²) in [6.07, 6.45) is 3.66. The van der Waals surface area contributed by atoms with Crippen LogP contribution >= 0.6 is 11.6 Å². The average molecular weight is 279 g/mol. The largest absolute Gasteiger partial charge is 0.514 e. The third-order valence-corrected chi connectivity index (χ3v) is 4.31. The van der Waals surface area contributed by atoms with Crippen LogP contribution in [0.15, 0.2) is 24.5 Å². The number of hydrogen-bond donors (Lipinski definition) is 0. The standard InChI is InChI=1S/C13H16BClN2O2/c1-12(2)13(3,4)19-14(18-12)10-8-16-11-9(15)6-5-7-17(10)11/h5-8H,1-4H3. The Labute approximate surface area is 117 Å². The van der Waals surface area contributed by atoms with Crippen LogP contribution in [0.25, 0.3) is 5.65 Å². The highest BCUT2D eigenvalue weighted by molar-refractivity contribution is 6.61. The summed E-state index contributed by atoms with van der Waals surface area (Å²) in [6.45, 7) is 8.12. The maximum absolute atomic E-state index is 6.12. The highest BCUT2D eigenvalue weighted by atomic mass is 35.5. The number of imidazole rings is 1. The quantitative estimate of drug-likeness (QED) is 0.751. The predicted octanol–water partition coefficient (Wildman–Crippen LogP) is 2.29. The van der Waals surface area contributed by atoms with Crippen molar-refractivity contribution in [1.82, 2.24) is 9.38 Å². The smallest absolute Gasteiger partial charge is 0.398 e. The van der Waals surface area contributed by atoms with Crippen LogP contribution in [-0.4, -0.2) is 27.7 Å². The maximum atomic E-state index is 6.12. The van der Waals surface area contributed by atoms with Crippen molar-refractivity contribution in [3.63, 3.8) is 0 Å². The molecule has 0 unspecified atom stereocenters. The fraction of sp³-hybridized carbons (Fsp3) is 0.462. The van der Waals surface area contributed by atoms with Gasteiger partial charge in [-0.15, -0.1) is 0 Å². The Balaban J connectivity index is 2.06. The van der Waals surface area contributed by atoms with Crippen LogP contribution in [0.3, 0.4) is 0 Å². The van der Waals surface area contributed by atoms with Crippen molar-refractivity contribution in [1.29, 1.82) is 0 Å². The van der Waals surface area contributed by atoms with E-state index >= 15 is 0 Å². The molecule has 2 aromatic heterocycles. The van der Waals surface area contributed by atoms with Crippen molar-refractivity contribution in [2.75, 3.05) is 0 Å². The normalized spacial score (nSPS) is 21.2. The van der Waals surface area contributed by atoms with Crippen molar-refractivity contribution >= 4 is 30.0 Å². The minimum absolute atomic E-state index is 0.361. The molecule has 1 fully saturated rings. The molecular weight excluding hydrogens is 262 g/mol. The van der Waals surface area contributed by atoms with Crippen molar-refractivity contribution in [2.24, 2.45) is 0 Å². The third kappa shape index (κ3) is 1.88. The van der Waals surface area contributed by atoms with Crippen LogP contribution in [0.1, 0.15) is 27.7 Å². The number of nitrogens with zero attached hydrogens (tertiary/aromatic N) is 2.